The molecule has 0 unspecified atom stereocenters. The van der Waals surface area contributed by atoms with Gasteiger partial charge in [0.25, 0.3) is 0 Å². The molecule has 118 valence electrons. The maximum Gasteiger partial charge on any atom is 0.207 e. The first kappa shape index (κ1) is 17.9. The molecule has 0 aliphatic carbocycles. The number of rotatable bonds is 12. The largest absolute Gasteiger partial charge is 0.207 e. The maximum absolute atomic E-state index is 4.06. The Hall–Kier alpha value is -1.11. The fraction of sp³-hybridized carbons (Fsp3) is 0.650. The van der Waals surface area contributed by atoms with E-state index < -0.39 is 0 Å². The number of nitrogens with zero attached hydrogens (tertiary/aromatic N) is 1. The van der Waals surface area contributed by atoms with Crippen molar-refractivity contribution in [3.63, 3.8) is 0 Å². The fourth-order valence-corrected chi connectivity index (χ4v) is 2.83. The molecule has 21 heavy (non-hydrogen) atoms. The van der Waals surface area contributed by atoms with Crippen LogP contribution in [-0.4, -0.2) is 0 Å². The van der Waals surface area contributed by atoms with Crippen molar-refractivity contribution in [2.45, 2.75) is 84.6 Å². The molecular formula is C20H34N+. The first-order valence-electron chi connectivity index (χ1n) is 8.90. The lowest BCUT2D eigenvalue weighted by molar-refractivity contribution is -0.699. The molecular weight excluding hydrogens is 254 g/mol. The van der Waals surface area contributed by atoms with Crippen molar-refractivity contribution >= 4 is 5.57 Å². The van der Waals surface area contributed by atoms with Gasteiger partial charge in [-0.15, -0.1) is 0 Å². The summed E-state index contributed by atoms with van der Waals surface area (Å²) < 4.78 is 2.34. The Morgan fingerprint density at radius 1 is 0.905 bits per heavy atom. The molecule has 0 aliphatic heterocycles. The highest BCUT2D eigenvalue weighted by Gasteiger charge is 2.08. The summed E-state index contributed by atoms with van der Waals surface area (Å²) in [6, 6.07) is 6.38. The maximum atomic E-state index is 4.06. The van der Waals surface area contributed by atoms with Crippen molar-refractivity contribution in [2.75, 3.05) is 0 Å². The molecule has 0 saturated carbocycles. The number of hydrogen-bond donors (Lipinski definition) is 0. The zero-order valence-electron chi connectivity index (χ0n) is 14.2. The van der Waals surface area contributed by atoms with Crippen LogP contribution in [0.1, 0.15) is 83.7 Å². The predicted molar refractivity (Wildman–Crippen MR) is 93.2 cm³/mol. The zero-order valence-corrected chi connectivity index (χ0v) is 14.2. The van der Waals surface area contributed by atoms with Crippen LogP contribution in [0, 0.1) is 0 Å². The Morgan fingerprint density at radius 3 is 2.05 bits per heavy atom. The molecule has 0 N–H and O–H groups in total. The van der Waals surface area contributed by atoms with E-state index in [0.717, 1.165) is 12.1 Å². The fourth-order valence-electron chi connectivity index (χ4n) is 2.83. The summed E-state index contributed by atoms with van der Waals surface area (Å²) in [6.07, 6.45) is 16.1. The Morgan fingerprint density at radius 2 is 1.48 bits per heavy atom. The standard InChI is InChI=1S/C20H34N/c1-4-5-6-7-8-9-10-11-12-14-17-21-18-15-13-16-20(21)19(2)3/h13,15-16,18H,2,4-12,14,17H2,1,3H3/q+1. The van der Waals surface area contributed by atoms with E-state index in [1.165, 1.54) is 69.9 Å². The molecule has 1 aromatic rings. The van der Waals surface area contributed by atoms with E-state index in [9.17, 15) is 0 Å². The highest BCUT2D eigenvalue weighted by molar-refractivity contribution is 5.54. The molecule has 0 spiro atoms. The third kappa shape index (κ3) is 8.04. The summed E-state index contributed by atoms with van der Waals surface area (Å²) in [7, 11) is 0. The van der Waals surface area contributed by atoms with Gasteiger partial charge < -0.3 is 0 Å². The highest BCUT2D eigenvalue weighted by Crippen LogP contribution is 2.11. The van der Waals surface area contributed by atoms with Crippen molar-refractivity contribution < 1.29 is 4.57 Å². The van der Waals surface area contributed by atoms with Gasteiger partial charge in [0.1, 0.15) is 6.54 Å². The van der Waals surface area contributed by atoms with E-state index in [4.69, 9.17) is 0 Å². The van der Waals surface area contributed by atoms with Crippen LogP contribution in [0.15, 0.2) is 31.0 Å². The van der Waals surface area contributed by atoms with Gasteiger partial charge in [-0.3, -0.25) is 0 Å². The highest BCUT2D eigenvalue weighted by atomic mass is 14.9. The minimum Gasteiger partial charge on any atom is -0.199 e. The minimum absolute atomic E-state index is 1.12. The van der Waals surface area contributed by atoms with Crippen LogP contribution in [0.2, 0.25) is 0 Å². The van der Waals surface area contributed by atoms with Gasteiger partial charge in [-0.25, -0.2) is 0 Å². The molecule has 0 aliphatic rings. The lowest BCUT2D eigenvalue weighted by atomic mass is 10.1. The Labute approximate surface area is 132 Å². The number of unbranched alkanes of at least 4 members (excludes halogenated alkanes) is 9. The summed E-state index contributed by atoms with van der Waals surface area (Å²) in [5, 5.41) is 0. The molecule has 0 radical (unpaired) electrons. The molecule has 0 saturated heterocycles. The first-order chi connectivity index (χ1) is 10.3. The van der Waals surface area contributed by atoms with Gasteiger partial charge in [-0.1, -0.05) is 64.9 Å². The average molecular weight is 288 g/mol. The lowest BCUT2D eigenvalue weighted by Gasteiger charge is -2.04. The van der Waals surface area contributed by atoms with E-state index >= 15 is 0 Å². The predicted octanol–water partition coefficient (Wildman–Crippen LogP) is 5.93. The monoisotopic (exact) mass is 288 g/mol. The molecule has 1 heterocycles. The molecule has 1 rings (SSSR count). The second kappa shape index (κ2) is 11.5. The van der Waals surface area contributed by atoms with Gasteiger partial charge >= 0.3 is 0 Å². The van der Waals surface area contributed by atoms with Crippen LogP contribution in [-0.2, 0) is 6.54 Å². The third-order valence-electron chi connectivity index (χ3n) is 4.13. The molecule has 0 amide bonds. The molecule has 1 heteroatoms. The lowest BCUT2D eigenvalue weighted by Crippen LogP contribution is -2.37. The van der Waals surface area contributed by atoms with E-state index in [0.29, 0.717) is 0 Å². The van der Waals surface area contributed by atoms with Gasteiger partial charge in [0, 0.05) is 24.1 Å². The normalized spacial score (nSPS) is 10.8. The summed E-state index contributed by atoms with van der Waals surface area (Å²) in [5.41, 5.74) is 2.43. The van der Waals surface area contributed by atoms with Crippen LogP contribution >= 0.6 is 0 Å². The van der Waals surface area contributed by atoms with Gasteiger partial charge in [-0.05, 0) is 19.4 Å². The molecule has 1 nitrogen and oxygen atoms in total. The van der Waals surface area contributed by atoms with Crippen molar-refractivity contribution in [1.82, 2.24) is 0 Å². The van der Waals surface area contributed by atoms with Crippen LogP contribution in [0.5, 0.6) is 0 Å². The third-order valence-corrected chi connectivity index (χ3v) is 4.13. The van der Waals surface area contributed by atoms with Crippen LogP contribution < -0.4 is 4.57 Å². The van der Waals surface area contributed by atoms with Gasteiger partial charge in [-0.2, -0.15) is 4.57 Å². The second-order valence-corrected chi connectivity index (χ2v) is 6.24. The van der Waals surface area contributed by atoms with Crippen molar-refractivity contribution in [3.05, 3.63) is 36.7 Å². The smallest absolute Gasteiger partial charge is 0.199 e. The van der Waals surface area contributed by atoms with Crippen LogP contribution in [0.4, 0.5) is 0 Å². The van der Waals surface area contributed by atoms with Gasteiger partial charge in [0.2, 0.25) is 5.69 Å². The van der Waals surface area contributed by atoms with E-state index in [1.807, 2.05) is 0 Å². The topological polar surface area (TPSA) is 3.88 Å². The number of aromatic nitrogens is 1. The van der Waals surface area contributed by atoms with Crippen molar-refractivity contribution in [3.8, 4) is 0 Å². The number of hydrogen-bond acceptors (Lipinski definition) is 0. The molecule has 0 bridgehead atoms. The molecule has 0 fully saturated rings. The number of aryl methyl sites for hydroxylation is 1. The summed E-state index contributed by atoms with van der Waals surface area (Å²) >= 11 is 0. The van der Waals surface area contributed by atoms with Gasteiger partial charge in [0.05, 0.1) is 0 Å². The van der Waals surface area contributed by atoms with E-state index in [2.05, 4.69) is 49.4 Å². The van der Waals surface area contributed by atoms with E-state index in [1.54, 1.807) is 0 Å². The molecule has 0 aromatic carbocycles. The number of pyridine rings is 1. The zero-order chi connectivity index (χ0) is 15.3. The molecule has 0 atom stereocenters. The second-order valence-electron chi connectivity index (χ2n) is 6.24. The average Bonchev–Trinajstić information content (AvgIpc) is 2.49. The number of allylic oxidation sites excluding steroid dienone is 1. The minimum atomic E-state index is 1.12. The van der Waals surface area contributed by atoms with Crippen LogP contribution in [0.25, 0.3) is 5.57 Å². The first-order valence-corrected chi connectivity index (χ1v) is 8.90. The van der Waals surface area contributed by atoms with E-state index in [-0.39, 0.29) is 0 Å². The summed E-state index contributed by atoms with van der Waals surface area (Å²) in [5.74, 6) is 0. The Bertz CT molecular complexity index is 395. The molecule has 1 aromatic heterocycles. The SMILES string of the molecule is C=C(C)c1cccc[n+]1CCCCCCCCCCCC. The van der Waals surface area contributed by atoms with Gasteiger partial charge in [0.15, 0.2) is 6.20 Å². The van der Waals surface area contributed by atoms with Crippen molar-refractivity contribution in [2.24, 2.45) is 0 Å². The summed E-state index contributed by atoms with van der Waals surface area (Å²) in [4.78, 5) is 0. The summed E-state index contributed by atoms with van der Waals surface area (Å²) in [6.45, 7) is 9.56. The van der Waals surface area contributed by atoms with Crippen molar-refractivity contribution in [1.29, 1.82) is 0 Å². The quantitative estimate of drug-likeness (QED) is 0.331. The Balaban J connectivity index is 2.06. The Kier molecular flexibility index (Phi) is 9.86. The van der Waals surface area contributed by atoms with Crippen LogP contribution in [0.3, 0.4) is 0 Å².